The molecule has 1 nitrogen and oxygen atoms in total. The summed E-state index contributed by atoms with van der Waals surface area (Å²) in [6.07, 6.45) is 0.384. The van der Waals surface area contributed by atoms with Crippen molar-refractivity contribution in [3.05, 3.63) is 35.4 Å². The van der Waals surface area contributed by atoms with Crippen molar-refractivity contribution in [2.45, 2.75) is 27.2 Å². The van der Waals surface area contributed by atoms with Crippen LogP contribution in [0.3, 0.4) is 0 Å². The number of hydrogen-bond acceptors (Lipinski definition) is 1. The molecule has 1 aromatic carbocycles. The first-order valence-electron chi connectivity index (χ1n) is 5.54. The summed E-state index contributed by atoms with van der Waals surface area (Å²) in [6, 6.07) is 3.97. The van der Waals surface area contributed by atoms with Crippen LogP contribution in [0.15, 0.2) is 18.2 Å². The first-order valence-corrected chi connectivity index (χ1v) is 5.54. The maximum Gasteiger partial charge on any atom is 0.129 e. The zero-order chi connectivity index (χ0) is 12.2. The molecule has 1 rings (SSSR count). The lowest BCUT2D eigenvalue weighted by molar-refractivity contribution is 0.380. The Labute approximate surface area is 95.9 Å². The van der Waals surface area contributed by atoms with Crippen LogP contribution in [0.25, 0.3) is 0 Å². The lowest BCUT2D eigenvalue weighted by Crippen LogP contribution is -2.28. The summed E-state index contributed by atoms with van der Waals surface area (Å²) in [4.78, 5) is 0. The summed E-state index contributed by atoms with van der Waals surface area (Å²) in [5, 5.41) is 3.19. The Hall–Kier alpha value is -0.960. The minimum absolute atomic E-state index is 0.170. The van der Waals surface area contributed by atoms with E-state index in [4.69, 9.17) is 0 Å². The maximum atomic E-state index is 13.2. The Morgan fingerprint density at radius 1 is 1.12 bits per heavy atom. The van der Waals surface area contributed by atoms with Crippen LogP contribution < -0.4 is 5.32 Å². The third-order valence-electron chi connectivity index (χ3n) is 2.27. The highest BCUT2D eigenvalue weighted by Crippen LogP contribution is 2.13. The Kier molecular flexibility index (Phi) is 4.42. The zero-order valence-corrected chi connectivity index (χ0v) is 10.1. The highest BCUT2D eigenvalue weighted by atomic mass is 19.1. The molecule has 3 heteroatoms. The van der Waals surface area contributed by atoms with Gasteiger partial charge in [-0.25, -0.2) is 8.78 Å². The summed E-state index contributed by atoms with van der Waals surface area (Å²) in [5.41, 5.74) is 0.359. The van der Waals surface area contributed by atoms with Gasteiger partial charge in [0.05, 0.1) is 0 Å². The van der Waals surface area contributed by atoms with Gasteiger partial charge in [-0.3, -0.25) is 0 Å². The largest absolute Gasteiger partial charge is 0.316 e. The highest BCUT2D eigenvalue weighted by Gasteiger charge is 2.10. The molecule has 0 saturated heterocycles. The van der Waals surface area contributed by atoms with Crippen LogP contribution >= 0.6 is 0 Å². The predicted octanol–water partition coefficient (Wildman–Crippen LogP) is 3.14. The van der Waals surface area contributed by atoms with Crippen molar-refractivity contribution in [3.63, 3.8) is 0 Å². The van der Waals surface area contributed by atoms with E-state index in [1.165, 1.54) is 18.2 Å². The summed E-state index contributed by atoms with van der Waals surface area (Å²) < 4.78 is 26.5. The van der Waals surface area contributed by atoms with Gasteiger partial charge in [-0.2, -0.15) is 0 Å². The Morgan fingerprint density at radius 3 is 2.19 bits per heavy atom. The lowest BCUT2D eigenvalue weighted by Gasteiger charge is -2.18. The second-order valence-electron chi connectivity index (χ2n) is 5.19. The molecule has 1 N–H and O–H groups in total. The molecule has 0 aromatic heterocycles. The normalized spacial score (nSPS) is 11.8. The van der Waals surface area contributed by atoms with E-state index in [0.717, 1.165) is 6.54 Å². The van der Waals surface area contributed by atoms with Crippen molar-refractivity contribution in [2.75, 3.05) is 13.1 Å². The molecule has 1 aromatic rings. The lowest BCUT2D eigenvalue weighted by atomic mass is 9.97. The van der Waals surface area contributed by atoms with E-state index in [9.17, 15) is 8.78 Å². The average molecular weight is 227 g/mol. The Balaban J connectivity index is 2.43. The van der Waals surface area contributed by atoms with Gasteiger partial charge in [0.1, 0.15) is 11.6 Å². The van der Waals surface area contributed by atoms with Crippen LogP contribution in [0.2, 0.25) is 0 Å². The number of nitrogens with one attached hydrogen (secondary N) is 1. The van der Waals surface area contributed by atoms with Gasteiger partial charge in [-0.05, 0) is 30.5 Å². The molecule has 0 aliphatic heterocycles. The molecule has 0 spiro atoms. The smallest absolute Gasteiger partial charge is 0.129 e. The van der Waals surface area contributed by atoms with Crippen molar-refractivity contribution in [1.29, 1.82) is 0 Å². The molecule has 0 atom stereocenters. The number of hydrogen-bond donors (Lipinski definition) is 1. The van der Waals surface area contributed by atoms with Crippen LogP contribution in [0.5, 0.6) is 0 Å². The molecule has 0 unspecified atom stereocenters. The van der Waals surface area contributed by atoms with Gasteiger partial charge in [0.2, 0.25) is 0 Å². The molecular weight excluding hydrogens is 208 g/mol. The van der Waals surface area contributed by atoms with Crippen LogP contribution in [-0.4, -0.2) is 13.1 Å². The van der Waals surface area contributed by atoms with Crippen molar-refractivity contribution >= 4 is 0 Å². The average Bonchev–Trinajstić information content (AvgIpc) is 2.14. The van der Waals surface area contributed by atoms with Gasteiger partial charge < -0.3 is 5.32 Å². The van der Waals surface area contributed by atoms with Crippen molar-refractivity contribution < 1.29 is 8.78 Å². The number of rotatable bonds is 4. The van der Waals surface area contributed by atoms with Gasteiger partial charge in [-0.15, -0.1) is 0 Å². The van der Waals surface area contributed by atoms with Crippen molar-refractivity contribution in [3.8, 4) is 0 Å². The molecule has 0 heterocycles. The van der Waals surface area contributed by atoms with Gasteiger partial charge in [0.15, 0.2) is 0 Å². The summed E-state index contributed by atoms with van der Waals surface area (Å²) in [7, 11) is 0. The fourth-order valence-electron chi connectivity index (χ4n) is 1.45. The van der Waals surface area contributed by atoms with Crippen molar-refractivity contribution in [1.82, 2.24) is 5.32 Å². The van der Waals surface area contributed by atoms with Gasteiger partial charge >= 0.3 is 0 Å². The van der Waals surface area contributed by atoms with E-state index in [2.05, 4.69) is 26.1 Å². The topological polar surface area (TPSA) is 12.0 Å². The molecular formula is C13H19F2N. The molecule has 16 heavy (non-hydrogen) atoms. The first-order chi connectivity index (χ1) is 7.40. The third-order valence-corrected chi connectivity index (χ3v) is 2.27. The minimum atomic E-state index is -0.461. The van der Waals surface area contributed by atoms with Crippen LogP contribution in [0, 0.1) is 17.0 Å². The van der Waals surface area contributed by atoms with E-state index in [0.29, 0.717) is 13.0 Å². The molecule has 0 radical (unpaired) electrons. The SMILES string of the molecule is CC(C)(C)CNCCc1c(F)cccc1F. The van der Waals surface area contributed by atoms with E-state index in [1.807, 2.05) is 0 Å². The van der Waals surface area contributed by atoms with Crippen molar-refractivity contribution in [2.24, 2.45) is 5.41 Å². The molecule has 90 valence electrons. The molecule has 0 bridgehead atoms. The number of halogens is 2. The van der Waals surface area contributed by atoms with Crippen LogP contribution in [-0.2, 0) is 6.42 Å². The third kappa shape index (κ3) is 4.27. The molecule has 0 saturated carbocycles. The van der Waals surface area contributed by atoms with Gasteiger partial charge in [0, 0.05) is 12.1 Å². The van der Waals surface area contributed by atoms with Gasteiger partial charge in [-0.1, -0.05) is 26.8 Å². The number of benzene rings is 1. The monoisotopic (exact) mass is 227 g/mol. The quantitative estimate of drug-likeness (QED) is 0.779. The summed E-state index contributed by atoms with van der Waals surface area (Å²) in [6.45, 7) is 7.77. The van der Waals surface area contributed by atoms with E-state index < -0.39 is 11.6 Å². The Bertz CT molecular complexity index is 322. The standard InChI is InChI=1S/C13H19F2N/c1-13(2,3)9-16-8-7-10-11(14)5-4-6-12(10)15/h4-6,16H,7-9H2,1-3H3. The van der Waals surface area contributed by atoms with Crippen LogP contribution in [0.4, 0.5) is 8.78 Å². The second kappa shape index (κ2) is 5.39. The highest BCUT2D eigenvalue weighted by molar-refractivity contribution is 5.19. The second-order valence-corrected chi connectivity index (χ2v) is 5.19. The summed E-state index contributed by atoms with van der Waals surface area (Å²) >= 11 is 0. The fraction of sp³-hybridized carbons (Fsp3) is 0.538. The molecule has 0 fully saturated rings. The van der Waals surface area contributed by atoms with E-state index >= 15 is 0 Å². The van der Waals surface area contributed by atoms with Gasteiger partial charge in [0.25, 0.3) is 0 Å². The minimum Gasteiger partial charge on any atom is -0.316 e. The van der Waals surface area contributed by atoms with E-state index in [-0.39, 0.29) is 11.0 Å². The zero-order valence-electron chi connectivity index (χ0n) is 10.1. The van der Waals surface area contributed by atoms with Crippen LogP contribution in [0.1, 0.15) is 26.3 Å². The molecule has 0 aliphatic rings. The first kappa shape index (κ1) is 13.1. The molecule has 0 aliphatic carbocycles. The fourth-order valence-corrected chi connectivity index (χ4v) is 1.45. The summed E-state index contributed by atoms with van der Waals surface area (Å²) in [5.74, 6) is -0.921. The predicted molar refractivity (Wildman–Crippen MR) is 62.4 cm³/mol. The molecule has 0 amide bonds. The Morgan fingerprint density at radius 2 is 1.69 bits per heavy atom. The van der Waals surface area contributed by atoms with E-state index in [1.54, 1.807) is 0 Å². The maximum absolute atomic E-state index is 13.2.